The van der Waals surface area contributed by atoms with Crippen molar-refractivity contribution in [2.75, 3.05) is 0 Å². The second-order valence-electron chi connectivity index (χ2n) is 4.84. The molecule has 1 atom stereocenters. The van der Waals surface area contributed by atoms with Gasteiger partial charge in [0.1, 0.15) is 23.0 Å². The third kappa shape index (κ3) is 2.77. The summed E-state index contributed by atoms with van der Waals surface area (Å²) in [6.07, 6.45) is 0.0199. The molecule has 108 valence electrons. The molecule has 0 bridgehead atoms. The van der Waals surface area contributed by atoms with Gasteiger partial charge in [-0.15, -0.1) is 0 Å². The quantitative estimate of drug-likeness (QED) is 0.767. The number of halogens is 3. The Bertz CT molecular complexity index is 780. The van der Waals surface area contributed by atoms with E-state index in [1.54, 1.807) is 24.3 Å². The van der Waals surface area contributed by atoms with Gasteiger partial charge in [-0.2, -0.15) is 0 Å². The van der Waals surface area contributed by atoms with E-state index in [1.165, 1.54) is 18.2 Å². The van der Waals surface area contributed by atoms with Crippen molar-refractivity contribution in [2.45, 2.75) is 12.5 Å². The van der Waals surface area contributed by atoms with E-state index in [0.717, 1.165) is 5.39 Å². The van der Waals surface area contributed by atoms with Crippen molar-refractivity contribution in [1.82, 2.24) is 0 Å². The topological polar surface area (TPSA) is 39.2 Å². The first-order chi connectivity index (χ1) is 10.0. The average Bonchev–Trinajstić information content (AvgIpc) is 2.86. The van der Waals surface area contributed by atoms with Gasteiger partial charge in [0.15, 0.2) is 0 Å². The maximum Gasteiger partial charge on any atom is 0.134 e. The maximum absolute atomic E-state index is 13.6. The van der Waals surface area contributed by atoms with E-state index in [2.05, 4.69) is 0 Å². The number of furan rings is 1. The number of fused-ring (bicyclic) bond motifs is 1. The van der Waals surface area contributed by atoms with Crippen LogP contribution in [0.5, 0.6) is 0 Å². The molecule has 0 aliphatic heterocycles. The molecule has 3 aromatic rings. The van der Waals surface area contributed by atoms with Crippen LogP contribution in [-0.4, -0.2) is 0 Å². The van der Waals surface area contributed by atoms with Crippen LogP contribution in [0.2, 0.25) is 5.02 Å². The summed E-state index contributed by atoms with van der Waals surface area (Å²) in [4.78, 5) is 0. The highest BCUT2D eigenvalue weighted by molar-refractivity contribution is 6.31. The van der Waals surface area contributed by atoms with Gasteiger partial charge in [0, 0.05) is 22.4 Å². The van der Waals surface area contributed by atoms with E-state index >= 15 is 0 Å². The van der Waals surface area contributed by atoms with Gasteiger partial charge in [-0.25, -0.2) is 8.78 Å². The van der Waals surface area contributed by atoms with Crippen LogP contribution in [0.15, 0.2) is 46.9 Å². The third-order valence-corrected chi connectivity index (χ3v) is 3.58. The molecule has 1 unspecified atom stereocenters. The Morgan fingerprint density at radius 2 is 1.81 bits per heavy atom. The van der Waals surface area contributed by atoms with Crippen LogP contribution >= 0.6 is 11.6 Å². The highest BCUT2D eigenvalue weighted by Gasteiger charge is 2.17. The molecule has 0 amide bonds. The molecule has 3 rings (SSSR count). The van der Waals surface area contributed by atoms with Crippen LogP contribution in [0.3, 0.4) is 0 Å². The standard InChI is InChI=1S/C16H12ClF2NO/c17-10-4-5-15-9(6-10)7-16(21-15)14(20)8-11-12(18)2-1-3-13(11)19/h1-7,14H,8,20H2. The number of benzene rings is 2. The lowest BCUT2D eigenvalue weighted by molar-refractivity contribution is 0.476. The Hall–Kier alpha value is -1.91. The first-order valence-corrected chi connectivity index (χ1v) is 6.80. The third-order valence-electron chi connectivity index (χ3n) is 3.35. The molecule has 0 spiro atoms. The number of hydrogen-bond donors (Lipinski definition) is 1. The first-order valence-electron chi connectivity index (χ1n) is 6.42. The SMILES string of the molecule is NC(Cc1c(F)cccc1F)c1cc2cc(Cl)ccc2o1. The normalized spacial score (nSPS) is 12.8. The predicted molar refractivity (Wildman–Crippen MR) is 78.2 cm³/mol. The van der Waals surface area contributed by atoms with Gasteiger partial charge in [-0.3, -0.25) is 0 Å². The van der Waals surface area contributed by atoms with Crippen molar-refractivity contribution < 1.29 is 13.2 Å². The molecule has 21 heavy (non-hydrogen) atoms. The van der Waals surface area contributed by atoms with Gasteiger partial charge >= 0.3 is 0 Å². The van der Waals surface area contributed by atoms with Crippen molar-refractivity contribution in [3.05, 3.63) is 70.4 Å². The molecule has 0 aliphatic rings. The Labute approximate surface area is 125 Å². The molecule has 0 saturated carbocycles. The summed E-state index contributed by atoms with van der Waals surface area (Å²) in [5.41, 5.74) is 6.61. The largest absolute Gasteiger partial charge is 0.459 e. The molecular weight excluding hydrogens is 296 g/mol. The van der Waals surface area contributed by atoms with E-state index in [1.807, 2.05) is 0 Å². The zero-order valence-corrected chi connectivity index (χ0v) is 11.7. The minimum atomic E-state index is -0.637. The van der Waals surface area contributed by atoms with Gasteiger partial charge in [0.25, 0.3) is 0 Å². The fourth-order valence-corrected chi connectivity index (χ4v) is 2.45. The molecule has 2 nitrogen and oxygen atoms in total. The minimum Gasteiger partial charge on any atom is -0.459 e. The predicted octanol–water partition coefficient (Wildman–Crippen LogP) is 4.61. The summed E-state index contributed by atoms with van der Waals surface area (Å²) >= 11 is 5.91. The van der Waals surface area contributed by atoms with Crippen molar-refractivity contribution in [2.24, 2.45) is 5.73 Å². The van der Waals surface area contributed by atoms with Crippen LogP contribution in [0.25, 0.3) is 11.0 Å². The van der Waals surface area contributed by atoms with Crippen molar-refractivity contribution in [3.8, 4) is 0 Å². The van der Waals surface area contributed by atoms with E-state index in [9.17, 15) is 8.78 Å². The van der Waals surface area contributed by atoms with Gasteiger partial charge < -0.3 is 10.2 Å². The molecule has 1 heterocycles. The lowest BCUT2D eigenvalue weighted by Crippen LogP contribution is -2.14. The van der Waals surface area contributed by atoms with E-state index in [-0.39, 0.29) is 12.0 Å². The number of nitrogens with two attached hydrogens (primary N) is 1. The fourth-order valence-electron chi connectivity index (χ4n) is 2.27. The van der Waals surface area contributed by atoms with Gasteiger partial charge in [0.2, 0.25) is 0 Å². The monoisotopic (exact) mass is 307 g/mol. The van der Waals surface area contributed by atoms with Gasteiger partial charge in [0.05, 0.1) is 6.04 Å². The molecule has 0 fully saturated rings. The average molecular weight is 308 g/mol. The smallest absolute Gasteiger partial charge is 0.134 e. The molecule has 0 saturated heterocycles. The zero-order chi connectivity index (χ0) is 15.0. The van der Waals surface area contributed by atoms with Crippen LogP contribution in [0.1, 0.15) is 17.4 Å². The highest BCUT2D eigenvalue weighted by atomic mass is 35.5. The van der Waals surface area contributed by atoms with Crippen molar-refractivity contribution >= 4 is 22.6 Å². The minimum absolute atomic E-state index is 0.0199. The van der Waals surface area contributed by atoms with Crippen LogP contribution in [-0.2, 0) is 6.42 Å². The second-order valence-corrected chi connectivity index (χ2v) is 5.28. The summed E-state index contributed by atoms with van der Waals surface area (Å²) in [6.45, 7) is 0. The van der Waals surface area contributed by atoms with E-state index in [4.69, 9.17) is 21.8 Å². The summed E-state index contributed by atoms with van der Waals surface area (Å²) in [5.74, 6) is -0.746. The lowest BCUT2D eigenvalue weighted by Gasteiger charge is -2.10. The highest BCUT2D eigenvalue weighted by Crippen LogP contribution is 2.28. The van der Waals surface area contributed by atoms with E-state index < -0.39 is 17.7 Å². The molecule has 0 radical (unpaired) electrons. The molecule has 0 aliphatic carbocycles. The second kappa shape index (κ2) is 5.47. The van der Waals surface area contributed by atoms with Crippen molar-refractivity contribution in [3.63, 3.8) is 0 Å². The van der Waals surface area contributed by atoms with Gasteiger partial charge in [-0.1, -0.05) is 17.7 Å². The fraction of sp³-hybridized carbons (Fsp3) is 0.125. The molecule has 2 N–H and O–H groups in total. The lowest BCUT2D eigenvalue weighted by atomic mass is 10.0. The summed E-state index contributed by atoms with van der Waals surface area (Å²) in [7, 11) is 0. The molecular formula is C16H12ClF2NO. The zero-order valence-electron chi connectivity index (χ0n) is 10.9. The summed E-state index contributed by atoms with van der Waals surface area (Å²) in [6, 6.07) is 10.0. The molecule has 1 aromatic heterocycles. The Morgan fingerprint density at radius 1 is 1.10 bits per heavy atom. The number of rotatable bonds is 3. The van der Waals surface area contributed by atoms with Crippen LogP contribution < -0.4 is 5.73 Å². The Kier molecular flexibility index (Phi) is 3.66. The Morgan fingerprint density at radius 3 is 2.52 bits per heavy atom. The molecule has 5 heteroatoms. The molecule has 2 aromatic carbocycles. The summed E-state index contributed by atoms with van der Waals surface area (Å²) < 4.78 is 32.9. The van der Waals surface area contributed by atoms with Crippen LogP contribution in [0, 0.1) is 11.6 Å². The number of hydrogen-bond acceptors (Lipinski definition) is 2. The maximum atomic E-state index is 13.6. The van der Waals surface area contributed by atoms with E-state index in [0.29, 0.717) is 16.4 Å². The first kappa shape index (κ1) is 14.0. The summed E-state index contributed by atoms with van der Waals surface area (Å²) in [5, 5.41) is 1.39. The van der Waals surface area contributed by atoms with Crippen molar-refractivity contribution in [1.29, 1.82) is 0 Å². The van der Waals surface area contributed by atoms with Gasteiger partial charge in [-0.05, 0) is 36.4 Å². The van der Waals surface area contributed by atoms with Crippen LogP contribution in [0.4, 0.5) is 8.78 Å². The Balaban J connectivity index is 1.91.